The Hall–Kier alpha value is -4.05. The van der Waals surface area contributed by atoms with Crippen molar-refractivity contribution < 1.29 is 52.5 Å². The van der Waals surface area contributed by atoms with E-state index in [1.54, 1.807) is 25.7 Å². The molecular weight excluding hydrogens is 618 g/mol. The van der Waals surface area contributed by atoms with Crippen molar-refractivity contribution in [3.8, 4) is 0 Å². The van der Waals surface area contributed by atoms with Crippen molar-refractivity contribution >= 4 is 41.7 Å². The first-order valence-corrected chi connectivity index (χ1v) is 15.8. The number of nitrogens with zero attached hydrogens (tertiary/aromatic N) is 5. The van der Waals surface area contributed by atoms with Crippen molar-refractivity contribution in [2.24, 2.45) is 11.8 Å². The van der Waals surface area contributed by atoms with Gasteiger partial charge in [0.25, 0.3) is 5.91 Å². The fraction of sp³-hybridized carbons (Fsp3) is 0.710. The molecule has 0 radical (unpaired) electrons. The third-order valence-electron chi connectivity index (χ3n) is 8.02. The predicted octanol–water partition coefficient (Wildman–Crippen LogP) is 1.53. The molecule has 0 aromatic rings. The minimum absolute atomic E-state index is 0.0564. The average Bonchev–Trinajstić information content (AvgIpc) is 3.41. The van der Waals surface area contributed by atoms with Crippen LogP contribution in [0.15, 0.2) is 11.6 Å². The number of rotatable bonds is 15. The van der Waals surface area contributed by atoms with E-state index in [2.05, 4.69) is 0 Å². The number of carbonyl (C=O) groups is 7. The summed E-state index contributed by atoms with van der Waals surface area (Å²) in [4.78, 5) is 97.8. The Morgan fingerprint density at radius 3 is 2.04 bits per heavy atom. The van der Waals surface area contributed by atoms with Gasteiger partial charge in [0.15, 0.2) is 0 Å². The van der Waals surface area contributed by atoms with Crippen molar-refractivity contribution in [2.45, 2.75) is 78.6 Å². The van der Waals surface area contributed by atoms with E-state index < -0.39 is 60.9 Å². The second-order valence-corrected chi connectivity index (χ2v) is 12.3. The van der Waals surface area contributed by atoms with Crippen molar-refractivity contribution in [1.29, 1.82) is 0 Å². The number of fused-ring (bicyclic) bond motifs is 1. The van der Waals surface area contributed by atoms with Crippen LogP contribution in [0.1, 0.15) is 60.3 Å². The number of carbonyl (C=O) groups excluding carboxylic acids is 7. The maximum Gasteiger partial charge on any atom is 0.333 e. The number of imide groups is 2. The monoisotopic (exact) mass is 665 g/mol. The van der Waals surface area contributed by atoms with Gasteiger partial charge in [0.2, 0.25) is 11.8 Å². The van der Waals surface area contributed by atoms with Crippen LogP contribution in [-0.4, -0.2) is 138 Å². The number of allylic oxidation sites excluding steroid dienone is 1. The average molecular weight is 666 g/mol. The number of amides is 7. The van der Waals surface area contributed by atoms with Gasteiger partial charge in [-0.15, -0.1) is 0 Å². The van der Waals surface area contributed by atoms with Crippen LogP contribution in [-0.2, 0) is 42.9 Å². The van der Waals surface area contributed by atoms with Gasteiger partial charge in [-0.25, -0.2) is 9.59 Å². The van der Waals surface area contributed by atoms with Gasteiger partial charge in [0, 0.05) is 45.8 Å². The standard InChI is InChI=1S/C31H47N5O11/c1-8-21-9-10-23(37)32(13-12-25(39)47-20(4)5)30(42)33(28(21)40)14-11-24(38)46-16-22-26-27(34(29(22)41)15-19(2)3)36(18-45-7)31(43)35(26)17-44-6/h8,19-20,22,26-27H,9-18H2,1-7H3/b21-8+. The second-order valence-electron chi connectivity index (χ2n) is 12.3. The topological polar surface area (TPSA) is 173 Å². The van der Waals surface area contributed by atoms with Crippen LogP contribution < -0.4 is 0 Å². The van der Waals surface area contributed by atoms with E-state index in [0.717, 1.165) is 9.80 Å². The highest BCUT2D eigenvalue weighted by Gasteiger charge is 2.60. The molecule has 0 aromatic carbocycles. The number of urea groups is 2. The lowest BCUT2D eigenvalue weighted by atomic mass is 10.0. The van der Waals surface area contributed by atoms with Crippen LogP contribution in [0.2, 0.25) is 0 Å². The molecule has 3 unspecified atom stereocenters. The van der Waals surface area contributed by atoms with E-state index in [1.165, 1.54) is 30.1 Å². The van der Waals surface area contributed by atoms with Gasteiger partial charge in [-0.05, 0) is 33.1 Å². The summed E-state index contributed by atoms with van der Waals surface area (Å²) < 4.78 is 21.1. The molecule has 0 N–H and O–H groups in total. The SMILES string of the molecule is C/C=C1\CCC(=O)N(CCC(=O)OC(C)C)C(=O)N(CCC(=O)OCC2C(=O)N(CC(C)C)C3C2N(COC)C(=O)N3COC)C1=O. The van der Waals surface area contributed by atoms with Crippen molar-refractivity contribution in [2.75, 3.05) is 53.9 Å². The number of hydrogen-bond donors (Lipinski definition) is 0. The molecule has 3 aliphatic heterocycles. The number of ether oxygens (including phenoxy) is 4. The highest BCUT2D eigenvalue weighted by molar-refractivity contribution is 6.09. The molecule has 16 heteroatoms. The van der Waals surface area contributed by atoms with E-state index in [4.69, 9.17) is 18.9 Å². The zero-order chi connectivity index (χ0) is 35.0. The summed E-state index contributed by atoms with van der Waals surface area (Å²) in [5.74, 6) is -3.75. The zero-order valence-electron chi connectivity index (χ0n) is 28.3. The molecule has 3 saturated heterocycles. The fourth-order valence-corrected chi connectivity index (χ4v) is 5.99. The van der Waals surface area contributed by atoms with Gasteiger partial charge in [-0.1, -0.05) is 19.9 Å². The molecule has 0 spiro atoms. The Balaban J connectivity index is 1.75. The molecule has 262 valence electrons. The first kappa shape index (κ1) is 37.4. The molecule has 0 saturated carbocycles. The van der Waals surface area contributed by atoms with Gasteiger partial charge in [0.05, 0.1) is 30.9 Å². The molecule has 3 atom stereocenters. The van der Waals surface area contributed by atoms with Gasteiger partial charge >= 0.3 is 24.0 Å². The van der Waals surface area contributed by atoms with Crippen LogP contribution >= 0.6 is 0 Å². The van der Waals surface area contributed by atoms with Gasteiger partial charge in [-0.3, -0.25) is 43.6 Å². The summed E-state index contributed by atoms with van der Waals surface area (Å²) in [7, 11) is 2.87. The minimum atomic E-state index is -0.958. The van der Waals surface area contributed by atoms with Crippen LogP contribution in [0.3, 0.4) is 0 Å². The Kier molecular flexibility index (Phi) is 13.3. The van der Waals surface area contributed by atoms with Crippen LogP contribution in [0.4, 0.5) is 9.59 Å². The smallest absolute Gasteiger partial charge is 0.333 e. The molecule has 3 fully saturated rings. The molecule has 0 bridgehead atoms. The molecule has 16 nitrogen and oxygen atoms in total. The number of methoxy groups -OCH3 is 2. The van der Waals surface area contributed by atoms with Crippen molar-refractivity contribution in [3.63, 3.8) is 0 Å². The maximum absolute atomic E-state index is 13.7. The molecule has 3 heterocycles. The van der Waals surface area contributed by atoms with E-state index in [-0.39, 0.29) is 75.4 Å². The van der Waals surface area contributed by atoms with Crippen LogP contribution in [0, 0.1) is 11.8 Å². The lowest BCUT2D eigenvalue weighted by molar-refractivity contribution is -0.149. The number of hydrogen-bond acceptors (Lipinski definition) is 11. The first-order valence-electron chi connectivity index (χ1n) is 15.8. The van der Waals surface area contributed by atoms with Gasteiger partial charge < -0.3 is 23.8 Å². The van der Waals surface area contributed by atoms with Gasteiger partial charge in [0.1, 0.15) is 26.2 Å². The lowest BCUT2D eigenvalue weighted by Crippen LogP contribution is -2.52. The summed E-state index contributed by atoms with van der Waals surface area (Å²) in [6, 6.07) is -2.03. The van der Waals surface area contributed by atoms with E-state index in [0.29, 0.717) is 6.54 Å². The summed E-state index contributed by atoms with van der Waals surface area (Å²) in [6.45, 7) is 7.99. The maximum atomic E-state index is 13.7. The highest BCUT2D eigenvalue weighted by Crippen LogP contribution is 2.38. The Morgan fingerprint density at radius 1 is 0.830 bits per heavy atom. The summed E-state index contributed by atoms with van der Waals surface area (Å²) in [5.41, 5.74) is 0.233. The Labute approximate surface area is 274 Å². The molecule has 47 heavy (non-hydrogen) atoms. The highest BCUT2D eigenvalue weighted by atomic mass is 16.5. The lowest BCUT2D eigenvalue weighted by Gasteiger charge is -2.31. The van der Waals surface area contributed by atoms with Crippen molar-refractivity contribution in [3.05, 3.63) is 11.6 Å². The zero-order valence-corrected chi connectivity index (χ0v) is 28.3. The van der Waals surface area contributed by atoms with E-state index in [1.807, 2.05) is 13.8 Å². The van der Waals surface area contributed by atoms with Crippen LogP contribution in [0.25, 0.3) is 0 Å². The number of likely N-dealkylation sites (tertiary alicyclic amines) is 1. The molecule has 0 aromatic heterocycles. The fourth-order valence-electron chi connectivity index (χ4n) is 5.99. The van der Waals surface area contributed by atoms with E-state index in [9.17, 15) is 33.6 Å². The molecule has 3 rings (SSSR count). The largest absolute Gasteiger partial charge is 0.465 e. The predicted molar refractivity (Wildman–Crippen MR) is 164 cm³/mol. The Bertz CT molecular complexity index is 1250. The molecular formula is C31H47N5O11. The first-order chi connectivity index (χ1) is 22.3. The summed E-state index contributed by atoms with van der Waals surface area (Å²) in [6.07, 6.45) is -0.246. The molecule has 0 aliphatic carbocycles. The van der Waals surface area contributed by atoms with Crippen LogP contribution in [0.5, 0.6) is 0 Å². The quantitative estimate of drug-likeness (QED) is 0.183. The van der Waals surface area contributed by atoms with Gasteiger partial charge in [-0.2, -0.15) is 0 Å². The Morgan fingerprint density at radius 2 is 1.45 bits per heavy atom. The normalized spacial score (nSPS) is 23.0. The van der Waals surface area contributed by atoms with Crippen molar-refractivity contribution in [1.82, 2.24) is 24.5 Å². The van der Waals surface area contributed by atoms with E-state index >= 15 is 0 Å². The summed E-state index contributed by atoms with van der Waals surface area (Å²) in [5, 5.41) is 0. The molecule has 7 amide bonds. The number of esters is 2. The second kappa shape index (κ2) is 16.7. The third kappa shape index (κ3) is 8.66. The summed E-state index contributed by atoms with van der Waals surface area (Å²) >= 11 is 0. The molecule has 3 aliphatic rings. The minimum Gasteiger partial charge on any atom is -0.465 e. The third-order valence-corrected chi connectivity index (χ3v) is 8.02.